The summed E-state index contributed by atoms with van der Waals surface area (Å²) in [7, 11) is 1.79. The van der Waals surface area contributed by atoms with Crippen molar-refractivity contribution in [3.63, 3.8) is 0 Å². The number of hydrogen-bond donors (Lipinski definition) is 2. The second kappa shape index (κ2) is 9.63. The summed E-state index contributed by atoms with van der Waals surface area (Å²) in [5.41, 5.74) is 8.54. The maximum atomic E-state index is 13.2. The van der Waals surface area contributed by atoms with E-state index < -0.39 is 5.56 Å². The lowest BCUT2D eigenvalue weighted by molar-refractivity contribution is 0.0958. The highest BCUT2D eigenvalue weighted by Gasteiger charge is 2.22. The lowest BCUT2D eigenvalue weighted by Crippen LogP contribution is -2.29. The van der Waals surface area contributed by atoms with Gasteiger partial charge in [0, 0.05) is 25.7 Å². The van der Waals surface area contributed by atoms with Crippen molar-refractivity contribution >= 4 is 44.8 Å². The quantitative estimate of drug-likeness (QED) is 0.344. The van der Waals surface area contributed by atoms with Crippen molar-refractivity contribution < 1.29 is 9.53 Å². The molecule has 1 aliphatic rings. The molecule has 0 atom stereocenters. The number of aryl methyl sites for hydroxylation is 1. The molecule has 0 saturated heterocycles. The Morgan fingerprint density at radius 2 is 2.00 bits per heavy atom. The molecule has 38 heavy (non-hydrogen) atoms. The first kappa shape index (κ1) is 23.7. The van der Waals surface area contributed by atoms with Gasteiger partial charge >= 0.3 is 0 Å². The first-order valence-corrected chi connectivity index (χ1v) is 12.8. The number of nitrogen functional groups attached to an aromatic ring is 1. The van der Waals surface area contributed by atoms with Crippen molar-refractivity contribution in [2.75, 3.05) is 30.3 Å². The number of nitrogens with one attached hydrogen (secondary N) is 1. The number of rotatable bonds is 6. The highest BCUT2D eigenvalue weighted by molar-refractivity contribution is 7.20. The highest BCUT2D eigenvalue weighted by Crippen LogP contribution is 2.38. The van der Waals surface area contributed by atoms with Gasteiger partial charge in [0.15, 0.2) is 11.6 Å². The van der Waals surface area contributed by atoms with Crippen LogP contribution in [0.1, 0.15) is 15.5 Å². The number of ether oxygens (including phenoxy) is 1. The van der Waals surface area contributed by atoms with Gasteiger partial charge in [-0.25, -0.2) is 9.97 Å². The summed E-state index contributed by atoms with van der Waals surface area (Å²) in [6.45, 7) is 1.59. The van der Waals surface area contributed by atoms with Gasteiger partial charge in [0.05, 0.1) is 28.3 Å². The van der Waals surface area contributed by atoms with Crippen molar-refractivity contribution in [3.8, 4) is 11.4 Å². The molecule has 0 radical (unpaired) electrons. The maximum Gasteiger partial charge on any atom is 0.298 e. The zero-order valence-corrected chi connectivity index (χ0v) is 21.3. The molecule has 1 aliphatic heterocycles. The lowest BCUT2D eigenvalue weighted by Gasteiger charge is -2.31. The predicted molar refractivity (Wildman–Crippen MR) is 146 cm³/mol. The Morgan fingerprint density at radius 3 is 2.79 bits per heavy atom. The number of thiophene rings is 1. The van der Waals surface area contributed by atoms with Crippen molar-refractivity contribution in [1.29, 1.82) is 0 Å². The molecule has 192 valence electrons. The number of fused-ring (bicyclic) bond motifs is 2. The van der Waals surface area contributed by atoms with Crippen molar-refractivity contribution in [2.45, 2.75) is 6.42 Å². The Balaban J connectivity index is 1.35. The summed E-state index contributed by atoms with van der Waals surface area (Å²) in [6, 6.07) is 17.2. The topological polar surface area (TPSA) is 133 Å². The van der Waals surface area contributed by atoms with Crippen LogP contribution < -0.4 is 26.2 Å². The molecule has 0 fully saturated rings. The first-order valence-electron chi connectivity index (χ1n) is 12.0. The molecular weight excluding hydrogens is 504 g/mol. The van der Waals surface area contributed by atoms with Gasteiger partial charge in [-0.15, -0.1) is 11.3 Å². The first-order chi connectivity index (χ1) is 18.5. The van der Waals surface area contributed by atoms with Crippen molar-refractivity contribution in [2.24, 2.45) is 7.05 Å². The normalized spacial score (nSPS) is 12.8. The molecule has 0 saturated carbocycles. The molecule has 0 aliphatic carbocycles. The minimum atomic E-state index is -0.452. The largest absolute Gasteiger partial charge is 0.490 e. The van der Waals surface area contributed by atoms with E-state index in [1.165, 1.54) is 15.9 Å². The fraction of sp³-hybridized carbons (Fsp3) is 0.192. The molecule has 2 aromatic carbocycles. The van der Waals surface area contributed by atoms with Crippen LogP contribution in [0, 0.1) is 0 Å². The summed E-state index contributed by atoms with van der Waals surface area (Å²) in [5.74, 6) is 0.966. The van der Waals surface area contributed by atoms with Gasteiger partial charge in [-0.1, -0.05) is 18.2 Å². The van der Waals surface area contributed by atoms with E-state index in [1.54, 1.807) is 24.1 Å². The van der Waals surface area contributed by atoms with Gasteiger partial charge in [-0.2, -0.15) is 5.10 Å². The summed E-state index contributed by atoms with van der Waals surface area (Å²) < 4.78 is 9.00. The van der Waals surface area contributed by atoms with Crippen molar-refractivity contribution in [3.05, 3.63) is 82.0 Å². The van der Waals surface area contributed by atoms with E-state index in [0.717, 1.165) is 17.1 Å². The van der Waals surface area contributed by atoms with E-state index in [4.69, 9.17) is 10.5 Å². The van der Waals surface area contributed by atoms with Crippen molar-refractivity contribution in [1.82, 2.24) is 29.6 Å². The number of hydrogen-bond acceptors (Lipinski definition) is 9. The van der Waals surface area contributed by atoms with Crippen LogP contribution in [-0.4, -0.2) is 49.9 Å². The van der Waals surface area contributed by atoms with Crippen LogP contribution in [0.25, 0.3) is 16.0 Å². The number of carbonyl (C=O) groups excluding carboxylic acids is 1. The zero-order chi connectivity index (χ0) is 26.2. The van der Waals surface area contributed by atoms with Crippen LogP contribution in [0.3, 0.4) is 0 Å². The van der Waals surface area contributed by atoms with Crippen LogP contribution in [0.2, 0.25) is 0 Å². The Bertz CT molecular complexity index is 1710. The third kappa shape index (κ3) is 4.34. The zero-order valence-electron chi connectivity index (χ0n) is 20.5. The SMILES string of the molecule is Cn1cnc(CCNC(=O)c2cc3c(nc(N)c(=O)n3-c3ccc4c(c3)N(c3ccccc3)CCO4)s2)n1. The number of nitrogens with two attached hydrogens (primary N) is 1. The van der Waals surface area contributed by atoms with Crippen LogP contribution in [-0.2, 0) is 13.5 Å². The lowest BCUT2D eigenvalue weighted by atomic mass is 10.1. The molecule has 4 heterocycles. The van der Waals surface area contributed by atoms with Crippen LogP contribution >= 0.6 is 11.3 Å². The van der Waals surface area contributed by atoms with E-state index in [0.29, 0.717) is 52.9 Å². The van der Waals surface area contributed by atoms with Crippen LogP contribution in [0.15, 0.2) is 65.7 Å². The second-order valence-electron chi connectivity index (χ2n) is 8.77. The van der Waals surface area contributed by atoms with E-state index in [2.05, 4.69) is 25.3 Å². The Morgan fingerprint density at radius 1 is 1.16 bits per heavy atom. The number of carbonyl (C=O) groups is 1. The fourth-order valence-corrected chi connectivity index (χ4v) is 5.40. The maximum absolute atomic E-state index is 13.2. The number of anilines is 3. The Labute approximate surface area is 221 Å². The molecule has 1 amide bonds. The van der Waals surface area contributed by atoms with E-state index in [-0.39, 0.29) is 11.7 Å². The average molecular weight is 529 g/mol. The molecule has 12 heteroatoms. The molecule has 3 N–H and O–H groups in total. The van der Waals surface area contributed by atoms with Gasteiger partial charge in [0.2, 0.25) is 0 Å². The molecule has 11 nitrogen and oxygen atoms in total. The summed E-state index contributed by atoms with van der Waals surface area (Å²) in [5, 5.41) is 7.10. The molecule has 5 aromatic rings. The fourth-order valence-electron chi connectivity index (χ4n) is 4.46. The van der Waals surface area contributed by atoms with Gasteiger partial charge in [0.25, 0.3) is 11.5 Å². The van der Waals surface area contributed by atoms with Gasteiger partial charge in [0.1, 0.15) is 23.5 Å². The standard InChI is InChI=1S/C26H24N8O3S/c1-32-15-29-22(31-32)9-10-28-24(35)21-14-19-25(38-21)30-23(27)26(36)34(19)17-7-8-20-18(13-17)33(11-12-37-20)16-5-3-2-4-6-16/h2-8,13-15H,9-12H2,1H3,(H2,27,30)(H,28,35). The second-order valence-corrected chi connectivity index (χ2v) is 9.80. The molecule has 0 spiro atoms. The van der Waals surface area contributed by atoms with E-state index in [1.807, 2.05) is 48.5 Å². The molecule has 0 bridgehead atoms. The molecule has 6 rings (SSSR count). The third-order valence-corrected chi connectivity index (χ3v) is 7.23. The van der Waals surface area contributed by atoms with Gasteiger partial charge in [-0.05, 0) is 36.4 Å². The smallest absolute Gasteiger partial charge is 0.298 e. The summed E-state index contributed by atoms with van der Waals surface area (Å²) in [6.07, 6.45) is 2.12. The number of aromatic nitrogens is 5. The predicted octanol–water partition coefficient (Wildman–Crippen LogP) is 2.66. The van der Waals surface area contributed by atoms with E-state index in [9.17, 15) is 9.59 Å². The minimum absolute atomic E-state index is 0.138. The van der Waals surface area contributed by atoms with Crippen LogP contribution in [0.4, 0.5) is 17.2 Å². The third-order valence-electron chi connectivity index (χ3n) is 6.22. The highest BCUT2D eigenvalue weighted by atomic mass is 32.1. The number of benzene rings is 2. The van der Waals surface area contributed by atoms with E-state index >= 15 is 0 Å². The minimum Gasteiger partial charge on any atom is -0.490 e. The van der Waals surface area contributed by atoms with Gasteiger partial charge in [-0.3, -0.25) is 18.8 Å². The number of para-hydroxylation sites is 1. The Kier molecular flexibility index (Phi) is 6.00. The average Bonchev–Trinajstić information content (AvgIpc) is 3.55. The van der Waals surface area contributed by atoms with Gasteiger partial charge < -0.3 is 20.7 Å². The number of amides is 1. The summed E-state index contributed by atoms with van der Waals surface area (Å²) in [4.78, 5) is 37.6. The van der Waals surface area contributed by atoms with Crippen LogP contribution in [0.5, 0.6) is 5.75 Å². The Hall–Kier alpha value is -4.71. The number of nitrogens with zero attached hydrogens (tertiary/aromatic N) is 6. The molecule has 0 unspecified atom stereocenters. The monoisotopic (exact) mass is 528 g/mol. The molecular formula is C26H24N8O3S. The molecule has 3 aromatic heterocycles. The summed E-state index contributed by atoms with van der Waals surface area (Å²) >= 11 is 1.18.